The van der Waals surface area contributed by atoms with Gasteiger partial charge in [0.05, 0.1) is 35.9 Å². The van der Waals surface area contributed by atoms with Crippen LogP contribution in [0.4, 0.5) is 8.78 Å². The third kappa shape index (κ3) is 7.68. The lowest BCUT2D eigenvalue weighted by atomic mass is 9.85. The number of fused-ring (bicyclic) bond motifs is 1. The molecule has 10 nitrogen and oxygen atoms in total. The normalized spacial score (nSPS) is 20.1. The number of nitrogens with one attached hydrogen (secondary N) is 3. The second kappa shape index (κ2) is 14.8. The van der Waals surface area contributed by atoms with Crippen LogP contribution in [0.5, 0.6) is 0 Å². The van der Waals surface area contributed by atoms with Crippen LogP contribution in [-0.2, 0) is 9.53 Å². The average molecular weight is 792 g/mol. The molecule has 2 saturated heterocycles. The Morgan fingerprint density at radius 3 is 2.18 bits per heavy atom. The van der Waals surface area contributed by atoms with Gasteiger partial charge in [0.25, 0.3) is 17.7 Å². The van der Waals surface area contributed by atoms with Gasteiger partial charge in [-0.25, -0.2) is 18.7 Å². The molecule has 2 amide bonds. The van der Waals surface area contributed by atoms with Crippen LogP contribution in [0.1, 0.15) is 87.6 Å². The summed E-state index contributed by atoms with van der Waals surface area (Å²) >= 11 is 6.41. The van der Waals surface area contributed by atoms with Gasteiger partial charge in [-0.15, -0.1) is 0 Å². The van der Waals surface area contributed by atoms with Crippen LogP contribution in [0.2, 0.25) is 5.02 Å². The van der Waals surface area contributed by atoms with Crippen molar-refractivity contribution in [2.45, 2.75) is 77.0 Å². The molecule has 3 aromatic carbocycles. The molecule has 6 aromatic rings. The fourth-order valence-electron chi connectivity index (χ4n) is 7.72. The van der Waals surface area contributed by atoms with Gasteiger partial charge in [0.1, 0.15) is 29.6 Å². The number of pyridine rings is 1. The summed E-state index contributed by atoms with van der Waals surface area (Å²) in [5.74, 6) is -2.19. The first-order chi connectivity index (χ1) is 27.2. The van der Waals surface area contributed by atoms with Crippen molar-refractivity contribution < 1.29 is 23.1 Å². The Labute approximate surface area is 334 Å². The average Bonchev–Trinajstić information content (AvgIpc) is 4.00. The topological polar surface area (TPSA) is 129 Å². The Bertz CT molecular complexity index is 2430. The number of hydrogen-bond donors (Lipinski definition) is 3. The van der Waals surface area contributed by atoms with Gasteiger partial charge in [0, 0.05) is 35.0 Å². The van der Waals surface area contributed by atoms with Crippen molar-refractivity contribution in [1.29, 1.82) is 0 Å². The summed E-state index contributed by atoms with van der Waals surface area (Å²) in [5.41, 5.74) is 4.22. The molecule has 3 atom stereocenters. The zero-order valence-electron chi connectivity index (χ0n) is 32.2. The molecule has 0 aliphatic carbocycles. The SMILES string of the molecule is CC1(C(=O)N[C@H](c2ncc(-c3ccc(-c4ccc(-c5cnc(C6CCCN6C(=O)c6nccc7c(Cl)cccc67)[nH]5)cc4)cc3)[nH]2)C(C)(C)C)CCC(F)(F)CO1. The Balaban J connectivity index is 0.937. The molecule has 2 aliphatic heterocycles. The van der Waals surface area contributed by atoms with Crippen LogP contribution in [0.15, 0.2) is 91.4 Å². The molecule has 8 rings (SSSR count). The number of hydrogen-bond acceptors (Lipinski definition) is 6. The van der Waals surface area contributed by atoms with Crippen molar-refractivity contribution in [2.75, 3.05) is 13.2 Å². The first kappa shape index (κ1) is 38.4. The molecule has 2 aliphatic rings. The number of amides is 2. The second-order valence-electron chi connectivity index (χ2n) is 16.3. The molecule has 3 aromatic heterocycles. The van der Waals surface area contributed by atoms with E-state index in [2.05, 4.69) is 37.4 Å². The Kier molecular flexibility index (Phi) is 9.98. The van der Waals surface area contributed by atoms with Gasteiger partial charge >= 0.3 is 0 Å². The number of carbonyl (C=O) groups excluding carboxylic acids is 2. The van der Waals surface area contributed by atoms with Crippen molar-refractivity contribution in [3.8, 4) is 33.6 Å². The van der Waals surface area contributed by atoms with Crippen LogP contribution >= 0.6 is 11.6 Å². The quantitative estimate of drug-likeness (QED) is 0.141. The van der Waals surface area contributed by atoms with Crippen LogP contribution in [0, 0.1) is 5.41 Å². The highest BCUT2D eigenvalue weighted by atomic mass is 35.5. The largest absolute Gasteiger partial charge is 0.359 e. The van der Waals surface area contributed by atoms with E-state index in [1.165, 1.54) is 0 Å². The number of imidazole rings is 2. The predicted molar refractivity (Wildman–Crippen MR) is 216 cm³/mol. The number of alkyl halides is 2. The van der Waals surface area contributed by atoms with Gasteiger partial charge in [-0.2, -0.15) is 0 Å². The highest BCUT2D eigenvalue weighted by Gasteiger charge is 2.47. The monoisotopic (exact) mass is 791 g/mol. The smallest absolute Gasteiger partial charge is 0.273 e. The third-order valence-electron chi connectivity index (χ3n) is 11.2. The maximum absolute atomic E-state index is 13.8. The molecular formula is C44H44ClF2N7O3. The maximum Gasteiger partial charge on any atom is 0.273 e. The highest BCUT2D eigenvalue weighted by molar-refractivity contribution is 6.35. The van der Waals surface area contributed by atoms with E-state index in [0.717, 1.165) is 63.1 Å². The molecule has 5 heterocycles. The number of carbonyl (C=O) groups is 2. The lowest BCUT2D eigenvalue weighted by Crippen LogP contribution is -2.54. The molecule has 0 radical (unpaired) electrons. The molecule has 0 saturated carbocycles. The Hall–Kier alpha value is -5.46. The number of halogens is 3. The Morgan fingerprint density at radius 1 is 0.877 bits per heavy atom. The fraction of sp³-hybridized carbons (Fsp3) is 0.341. The molecular weight excluding hydrogens is 748 g/mol. The number of likely N-dealkylation sites (tertiary alicyclic amines) is 1. The minimum absolute atomic E-state index is 0.0728. The zero-order valence-corrected chi connectivity index (χ0v) is 33.0. The van der Waals surface area contributed by atoms with Crippen molar-refractivity contribution >= 4 is 34.2 Å². The summed E-state index contributed by atoms with van der Waals surface area (Å²) in [4.78, 5) is 49.7. The maximum atomic E-state index is 13.8. The van der Waals surface area contributed by atoms with Crippen molar-refractivity contribution in [1.82, 2.24) is 35.1 Å². The minimum Gasteiger partial charge on any atom is -0.359 e. The van der Waals surface area contributed by atoms with Gasteiger partial charge in [0.2, 0.25) is 0 Å². The number of nitrogens with zero attached hydrogens (tertiary/aromatic N) is 4. The molecule has 294 valence electrons. The van der Waals surface area contributed by atoms with Crippen LogP contribution < -0.4 is 5.32 Å². The number of aromatic amines is 2. The molecule has 13 heteroatoms. The summed E-state index contributed by atoms with van der Waals surface area (Å²) in [6, 6.07) is 23.0. The fourth-order valence-corrected chi connectivity index (χ4v) is 7.96. The van der Waals surface area contributed by atoms with Crippen LogP contribution in [-0.4, -0.2) is 66.3 Å². The molecule has 0 spiro atoms. The number of aromatic nitrogens is 5. The first-order valence-electron chi connectivity index (χ1n) is 19.2. The van der Waals surface area contributed by atoms with Crippen LogP contribution in [0.25, 0.3) is 44.4 Å². The van der Waals surface area contributed by atoms with E-state index in [1.54, 1.807) is 19.3 Å². The number of rotatable bonds is 8. The third-order valence-corrected chi connectivity index (χ3v) is 11.5. The minimum atomic E-state index is -2.93. The van der Waals surface area contributed by atoms with Gasteiger partial charge in [-0.3, -0.25) is 14.6 Å². The Morgan fingerprint density at radius 2 is 1.53 bits per heavy atom. The summed E-state index contributed by atoms with van der Waals surface area (Å²) < 4.78 is 32.9. The first-order valence-corrected chi connectivity index (χ1v) is 19.5. The summed E-state index contributed by atoms with van der Waals surface area (Å²) in [7, 11) is 0. The number of ether oxygens (including phenoxy) is 1. The molecule has 3 N–H and O–H groups in total. The second-order valence-corrected chi connectivity index (χ2v) is 16.7. The van der Waals surface area contributed by atoms with E-state index in [0.29, 0.717) is 23.1 Å². The van der Waals surface area contributed by atoms with E-state index in [4.69, 9.17) is 21.3 Å². The molecule has 0 bridgehead atoms. The van der Waals surface area contributed by atoms with Crippen molar-refractivity contribution in [3.63, 3.8) is 0 Å². The van der Waals surface area contributed by atoms with E-state index in [-0.39, 0.29) is 18.4 Å². The zero-order chi connectivity index (χ0) is 40.1. The molecule has 2 fully saturated rings. The van der Waals surface area contributed by atoms with Crippen molar-refractivity contribution in [2.24, 2.45) is 5.41 Å². The van der Waals surface area contributed by atoms with E-state index in [9.17, 15) is 18.4 Å². The predicted octanol–water partition coefficient (Wildman–Crippen LogP) is 9.72. The van der Waals surface area contributed by atoms with E-state index in [1.807, 2.05) is 92.5 Å². The standard InChI is InChI=1S/C44H44ClF2N7O3/c1-42(2,3)37(53-41(56)43(4)19-20-44(46,47)25-57-43)39-50-24-34(52-39)29-16-12-27(13-17-29)26-10-14-28(15-11-26)33-23-49-38(51-33)35-9-6-22-54(35)40(55)36-31-7-5-8-32(45)30(31)18-21-48-36/h5,7-8,10-18,21,23-24,35,37H,6,9,19-20,22,25H2,1-4H3,(H,49,51)(H,50,52)(H,53,56)/t35?,37-,43?/m1/s1. The van der Waals surface area contributed by atoms with Gasteiger partial charge in [-0.1, -0.05) is 93.0 Å². The molecule has 2 unspecified atom stereocenters. The summed E-state index contributed by atoms with van der Waals surface area (Å²) in [6.45, 7) is 7.35. The number of H-pyrrole nitrogens is 2. The van der Waals surface area contributed by atoms with E-state index < -0.39 is 41.9 Å². The summed E-state index contributed by atoms with van der Waals surface area (Å²) in [6.07, 6.45) is 6.37. The molecule has 57 heavy (non-hydrogen) atoms. The lowest BCUT2D eigenvalue weighted by molar-refractivity contribution is -0.190. The lowest BCUT2D eigenvalue weighted by Gasteiger charge is -2.38. The van der Waals surface area contributed by atoms with E-state index >= 15 is 0 Å². The van der Waals surface area contributed by atoms with Gasteiger partial charge in [-0.05, 0) is 66.0 Å². The van der Waals surface area contributed by atoms with Gasteiger partial charge in [0.15, 0.2) is 0 Å². The highest BCUT2D eigenvalue weighted by Crippen LogP contribution is 2.38. The van der Waals surface area contributed by atoms with Crippen molar-refractivity contribution in [3.05, 3.63) is 114 Å². The number of benzene rings is 3. The van der Waals surface area contributed by atoms with Gasteiger partial charge < -0.3 is 24.9 Å². The summed E-state index contributed by atoms with van der Waals surface area (Å²) in [5, 5.41) is 5.15. The van der Waals surface area contributed by atoms with Crippen LogP contribution in [0.3, 0.4) is 0 Å².